The topological polar surface area (TPSA) is 97.4 Å². The summed E-state index contributed by atoms with van der Waals surface area (Å²) in [4.78, 5) is 42.4. The van der Waals surface area contributed by atoms with E-state index in [1.54, 1.807) is 32.9 Å². The molecule has 0 saturated heterocycles. The largest absolute Gasteiger partial charge is 0.460 e. The van der Waals surface area contributed by atoms with Gasteiger partial charge < -0.3 is 15.4 Å². The Balaban J connectivity index is 1.67. The second-order valence-corrected chi connectivity index (χ2v) is 9.15. The van der Waals surface area contributed by atoms with Crippen LogP contribution < -0.4 is 10.6 Å². The number of nitrogens with one attached hydrogen (secondary N) is 2. The summed E-state index contributed by atoms with van der Waals surface area (Å²) in [5, 5.41) is 5.59. The summed E-state index contributed by atoms with van der Waals surface area (Å²) in [6.45, 7) is 5.65. The van der Waals surface area contributed by atoms with Crippen LogP contribution in [-0.4, -0.2) is 34.4 Å². The number of aromatic nitrogens is 1. The number of carbonyl (C=O) groups excluding carboxylic acids is 3. The number of rotatable bonds is 9. The predicted molar refractivity (Wildman–Crippen MR) is 134 cm³/mol. The van der Waals surface area contributed by atoms with Crippen LogP contribution in [0.2, 0.25) is 0 Å². The molecule has 3 aromatic rings. The minimum atomic E-state index is -0.910. The highest BCUT2D eigenvalue weighted by atomic mass is 16.6. The van der Waals surface area contributed by atoms with Crippen LogP contribution in [0, 0.1) is 0 Å². The Kier molecular flexibility index (Phi) is 8.73. The molecule has 2 N–H and O–H groups in total. The van der Waals surface area contributed by atoms with Crippen LogP contribution in [0.1, 0.15) is 49.5 Å². The quantitative estimate of drug-likeness (QED) is 0.452. The van der Waals surface area contributed by atoms with Gasteiger partial charge in [0, 0.05) is 24.7 Å². The van der Waals surface area contributed by atoms with Crippen molar-refractivity contribution in [2.75, 3.05) is 0 Å². The number of hydrogen-bond acceptors (Lipinski definition) is 5. The van der Waals surface area contributed by atoms with Gasteiger partial charge in [-0.15, -0.1) is 0 Å². The Bertz CT molecular complexity index is 1120. The average Bonchev–Trinajstić information content (AvgIpc) is 2.85. The van der Waals surface area contributed by atoms with Crippen molar-refractivity contribution in [2.24, 2.45) is 0 Å². The van der Waals surface area contributed by atoms with Gasteiger partial charge in [0.15, 0.2) is 0 Å². The van der Waals surface area contributed by atoms with Crippen LogP contribution in [0.3, 0.4) is 0 Å². The highest BCUT2D eigenvalue weighted by molar-refractivity contribution is 5.97. The molecule has 2 aromatic carbocycles. The lowest BCUT2D eigenvalue weighted by molar-refractivity contribution is -0.155. The van der Waals surface area contributed by atoms with E-state index in [2.05, 4.69) is 15.6 Å². The van der Waals surface area contributed by atoms with Crippen LogP contribution in [0.4, 0.5) is 0 Å². The standard InChI is InChI=1S/C28H31N3O4/c1-28(2,3)35-25(32)17-16-24(27(34)30-18-20-10-6-4-7-11-20)31-26(33)22-14-15-23(29-19-22)21-12-8-5-9-13-21/h4-15,19,24H,16-18H2,1-3H3,(H,30,34)(H,31,33)/t24-/m0/s1. The van der Waals surface area contributed by atoms with Crippen molar-refractivity contribution >= 4 is 17.8 Å². The minimum absolute atomic E-state index is 0.00777. The Hall–Kier alpha value is -4.00. The normalized spacial score (nSPS) is 11.9. The molecule has 0 saturated carbocycles. The van der Waals surface area contributed by atoms with Crippen molar-refractivity contribution < 1.29 is 19.1 Å². The van der Waals surface area contributed by atoms with Crippen molar-refractivity contribution in [3.8, 4) is 11.3 Å². The molecule has 1 heterocycles. The van der Waals surface area contributed by atoms with E-state index in [0.717, 1.165) is 16.8 Å². The minimum Gasteiger partial charge on any atom is -0.460 e. The summed E-state index contributed by atoms with van der Waals surface area (Å²) >= 11 is 0. The van der Waals surface area contributed by atoms with E-state index < -0.39 is 23.5 Å². The van der Waals surface area contributed by atoms with Crippen LogP contribution in [0.25, 0.3) is 11.3 Å². The van der Waals surface area contributed by atoms with Crippen molar-refractivity contribution in [1.82, 2.24) is 15.6 Å². The summed E-state index contributed by atoms with van der Waals surface area (Å²) in [5.74, 6) is -1.25. The molecule has 0 aliphatic carbocycles. The highest BCUT2D eigenvalue weighted by Gasteiger charge is 2.24. The van der Waals surface area contributed by atoms with E-state index in [1.807, 2.05) is 60.7 Å². The molecular formula is C28H31N3O4. The fourth-order valence-corrected chi connectivity index (χ4v) is 3.38. The number of ether oxygens (including phenoxy) is 1. The summed E-state index contributed by atoms with van der Waals surface area (Å²) in [6, 6.07) is 21.6. The van der Waals surface area contributed by atoms with E-state index in [1.165, 1.54) is 6.20 Å². The molecule has 0 unspecified atom stereocenters. The maximum absolute atomic E-state index is 12.9. The fraction of sp³-hybridized carbons (Fsp3) is 0.286. The van der Waals surface area contributed by atoms with E-state index >= 15 is 0 Å². The molecule has 2 amide bonds. The zero-order valence-corrected chi connectivity index (χ0v) is 20.3. The molecule has 0 radical (unpaired) electrons. The molecule has 182 valence electrons. The van der Waals surface area contributed by atoms with Gasteiger partial charge in [0.25, 0.3) is 5.91 Å². The molecule has 1 aromatic heterocycles. The molecule has 7 nitrogen and oxygen atoms in total. The second-order valence-electron chi connectivity index (χ2n) is 9.15. The number of nitrogens with zero attached hydrogens (tertiary/aromatic N) is 1. The first-order chi connectivity index (χ1) is 16.7. The molecule has 3 rings (SSSR count). The Morgan fingerprint density at radius 2 is 1.57 bits per heavy atom. The summed E-state index contributed by atoms with van der Waals surface area (Å²) in [5.41, 5.74) is 2.30. The second kappa shape index (κ2) is 11.9. The first-order valence-corrected chi connectivity index (χ1v) is 11.6. The monoisotopic (exact) mass is 473 g/mol. The predicted octanol–water partition coefficient (Wildman–Crippen LogP) is 4.29. The first kappa shape index (κ1) is 25.6. The maximum atomic E-state index is 12.9. The van der Waals surface area contributed by atoms with Crippen LogP contribution in [0.15, 0.2) is 79.0 Å². The van der Waals surface area contributed by atoms with Gasteiger partial charge in [-0.2, -0.15) is 0 Å². The van der Waals surface area contributed by atoms with Gasteiger partial charge >= 0.3 is 5.97 Å². The molecular weight excluding hydrogens is 442 g/mol. The van der Waals surface area contributed by atoms with Gasteiger partial charge in [0.2, 0.25) is 5.91 Å². The smallest absolute Gasteiger partial charge is 0.306 e. The first-order valence-electron chi connectivity index (χ1n) is 11.6. The lowest BCUT2D eigenvalue weighted by atomic mass is 10.1. The van der Waals surface area contributed by atoms with Gasteiger partial charge in [-0.1, -0.05) is 60.7 Å². The molecule has 0 spiro atoms. The van der Waals surface area contributed by atoms with Gasteiger partial charge in [0.1, 0.15) is 11.6 Å². The van der Waals surface area contributed by atoms with Crippen molar-refractivity contribution in [2.45, 2.75) is 51.8 Å². The maximum Gasteiger partial charge on any atom is 0.306 e. The number of amides is 2. The molecule has 0 aliphatic rings. The lowest BCUT2D eigenvalue weighted by Gasteiger charge is -2.21. The molecule has 0 fully saturated rings. The Morgan fingerprint density at radius 3 is 2.17 bits per heavy atom. The van der Waals surface area contributed by atoms with Crippen molar-refractivity contribution in [1.29, 1.82) is 0 Å². The van der Waals surface area contributed by atoms with E-state index in [4.69, 9.17) is 4.74 Å². The number of pyridine rings is 1. The van der Waals surface area contributed by atoms with Gasteiger partial charge in [-0.05, 0) is 44.9 Å². The fourth-order valence-electron chi connectivity index (χ4n) is 3.38. The Morgan fingerprint density at radius 1 is 0.914 bits per heavy atom. The van der Waals surface area contributed by atoms with Crippen LogP contribution in [-0.2, 0) is 20.9 Å². The van der Waals surface area contributed by atoms with Gasteiger partial charge in [-0.3, -0.25) is 19.4 Å². The van der Waals surface area contributed by atoms with Crippen LogP contribution in [0.5, 0.6) is 0 Å². The van der Waals surface area contributed by atoms with E-state index in [0.29, 0.717) is 12.1 Å². The van der Waals surface area contributed by atoms with Crippen molar-refractivity contribution in [3.05, 3.63) is 90.1 Å². The van der Waals surface area contributed by atoms with Gasteiger partial charge in [0.05, 0.1) is 11.3 Å². The molecule has 0 aliphatic heterocycles. The zero-order chi connectivity index (χ0) is 25.3. The summed E-state index contributed by atoms with van der Waals surface area (Å²) in [6.07, 6.45) is 1.58. The van der Waals surface area contributed by atoms with E-state index in [-0.39, 0.29) is 18.7 Å². The third-order valence-corrected chi connectivity index (χ3v) is 5.08. The molecule has 7 heteroatoms. The molecule has 35 heavy (non-hydrogen) atoms. The summed E-state index contributed by atoms with van der Waals surface area (Å²) < 4.78 is 5.35. The molecule has 0 bridgehead atoms. The number of benzene rings is 2. The Labute approximate surface area is 205 Å². The highest BCUT2D eigenvalue weighted by Crippen LogP contribution is 2.16. The average molecular weight is 474 g/mol. The zero-order valence-electron chi connectivity index (χ0n) is 20.3. The number of hydrogen-bond donors (Lipinski definition) is 2. The van der Waals surface area contributed by atoms with E-state index in [9.17, 15) is 14.4 Å². The lowest BCUT2D eigenvalue weighted by Crippen LogP contribution is -2.47. The number of carbonyl (C=O) groups is 3. The summed E-state index contributed by atoms with van der Waals surface area (Å²) in [7, 11) is 0. The molecule has 1 atom stereocenters. The van der Waals surface area contributed by atoms with Gasteiger partial charge in [-0.25, -0.2) is 0 Å². The van der Waals surface area contributed by atoms with Crippen LogP contribution >= 0.6 is 0 Å². The third kappa shape index (κ3) is 8.37. The SMILES string of the molecule is CC(C)(C)OC(=O)CC[C@H](NC(=O)c1ccc(-c2ccccc2)nc1)C(=O)NCc1ccccc1. The third-order valence-electron chi connectivity index (χ3n) is 5.08. The number of esters is 1. The van der Waals surface area contributed by atoms with Crippen molar-refractivity contribution in [3.63, 3.8) is 0 Å².